The molecule has 0 amide bonds. The first kappa shape index (κ1) is 73.0. The molecule has 10 rings (SSSR count). The van der Waals surface area contributed by atoms with Crippen LogP contribution in [0.2, 0.25) is 0 Å². The standard InChI is InChI=1S/2C25H21P2.2C6F5.4Au.2ClH/c2*1-5-13-22(14-6-1)26(23-15-7-2-8-16-23)21-27(24-17-9-3-10-18-24)25-19-11-4-12-20-25;2*7-2-1-3(8)5(10)6(11)4(2)9;;;;;;/h2*1-21H;;;;;;;2*1H/q4*-1;;;2*+1;;/p-2. The maximum absolute atomic E-state index is 12.0. The van der Waals surface area contributed by atoms with Gasteiger partial charge in [-0.15, -0.1) is 12.1 Å². The van der Waals surface area contributed by atoms with Gasteiger partial charge in [-0.25, -0.2) is 26.3 Å². The third-order valence-electron chi connectivity index (χ3n) is 10.7. The summed E-state index contributed by atoms with van der Waals surface area (Å²) in [5.74, 6) is -14.9. The van der Waals surface area contributed by atoms with Crippen LogP contribution in [0, 0.1) is 82.1 Å². The van der Waals surface area contributed by atoms with Crippen LogP contribution >= 0.6 is 50.1 Å². The number of hydrogen-bond donors (Lipinski definition) is 0. The summed E-state index contributed by atoms with van der Waals surface area (Å²) in [5, 5.41) is 11.2. The predicted octanol–water partition coefficient (Wildman–Crippen LogP) is 16.5. The summed E-state index contributed by atoms with van der Waals surface area (Å²) in [5.41, 5.74) is 0. The maximum Gasteiger partial charge on any atom is -0.0502 e. The Morgan fingerprint density at radius 3 is 0.476 bits per heavy atom. The first-order chi connectivity index (χ1) is 38.9. The van der Waals surface area contributed by atoms with E-state index >= 15 is 0 Å². The van der Waals surface area contributed by atoms with E-state index in [2.05, 4.69) is 273 Å². The third kappa shape index (κ3) is 22.2. The minimum absolute atomic E-state index is 0. The molecule has 442 valence electrons. The van der Waals surface area contributed by atoms with Crippen molar-refractivity contribution in [3.63, 3.8) is 0 Å². The van der Waals surface area contributed by atoms with E-state index in [1.165, 1.54) is 42.4 Å². The first-order valence-corrected chi connectivity index (χ1v) is 34.2. The van der Waals surface area contributed by atoms with Crippen LogP contribution < -0.4 is 42.4 Å². The molecule has 10 aromatic carbocycles. The number of benzene rings is 10. The van der Waals surface area contributed by atoms with E-state index in [4.69, 9.17) is 0 Å². The molecule has 0 bridgehead atoms. The zero-order valence-electron chi connectivity index (χ0n) is 41.8. The Bertz CT molecular complexity index is 2760. The zero-order chi connectivity index (χ0) is 57.8. The molecule has 0 N–H and O–H groups in total. The third-order valence-corrected chi connectivity index (χ3v) is 21.2. The summed E-state index contributed by atoms with van der Waals surface area (Å²) < 4.78 is 120. The van der Waals surface area contributed by atoms with Crippen LogP contribution in [0.3, 0.4) is 0 Å². The molecule has 0 spiro atoms. The molecule has 0 nitrogen and oxygen atoms in total. The van der Waals surface area contributed by atoms with Crippen molar-refractivity contribution in [3.8, 4) is 0 Å². The molecular weight excluding hydrogens is 1920 g/mol. The minimum atomic E-state index is -2.17. The molecule has 0 aliphatic carbocycles. The largest absolute Gasteiger partial charge is 0.259 e. The molecule has 0 fully saturated rings. The average Bonchev–Trinajstić information content (AvgIpc) is 3.61. The average molecular weight is 1960 g/mol. The number of rotatable bonds is 12. The van der Waals surface area contributed by atoms with Crippen LogP contribution in [0.4, 0.5) is 43.9 Å². The fourth-order valence-electron chi connectivity index (χ4n) is 7.06. The van der Waals surface area contributed by atoms with E-state index in [9.17, 15) is 43.9 Å². The van der Waals surface area contributed by atoms with E-state index in [0.29, 0.717) is 0 Å². The fraction of sp³-hybridized carbons (Fsp3) is 0. The van der Waals surface area contributed by atoms with Crippen LogP contribution in [-0.4, -0.2) is 0 Å². The molecule has 20 heteroatoms. The summed E-state index contributed by atoms with van der Waals surface area (Å²) in [6.07, 6.45) is 0. The van der Waals surface area contributed by atoms with Crippen molar-refractivity contribution in [2.75, 3.05) is 0 Å². The smallest absolute Gasteiger partial charge is 0.0502 e. The van der Waals surface area contributed by atoms with E-state index in [1.54, 1.807) is 40.0 Å². The Balaban J connectivity index is 0.000000299. The van der Waals surface area contributed by atoms with Crippen molar-refractivity contribution < 1.29 is 129 Å². The SMILES string of the molecule is Fc1[c-]c(F)c(F)c(F)c1F.Fc1[c-]c(F)c(F)c(F)c1F.[Au].[Au].[Cl][Au].[Cl][Au].c1ccc(P([CH-]P(c2ccccc2)c2ccccc2)c2ccccc2)cc1.c1ccc(P([CH-]P(c2ccccc2)c2ccccc2)c2ccccc2)cc1. The van der Waals surface area contributed by atoms with Crippen LogP contribution in [0.15, 0.2) is 243 Å². The van der Waals surface area contributed by atoms with Gasteiger partial charge >= 0.3 is 58.4 Å². The van der Waals surface area contributed by atoms with Gasteiger partial charge < -0.3 is 0 Å². The normalized spacial score (nSPS) is 10.2. The summed E-state index contributed by atoms with van der Waals surface area (Å²) in [6.45, 7) is 0. The molecule has 0 aliphatic rings. The van der Waals surface area contributed by atoms with Gasteiger partial charge in [0.2, 0.25) is 0 Å². The quantitative estimate of drug-likeness (QED) is 0.0286. The first-order valence-electron chi connectivity index (χ1n) is 23.2. The molecule has 2 radical (unpaired) electrons. The van der Waals surface area contributed by atoms with Crippen LogP contribution in [0.1, 0.15) is 0 Å². The van der Waals surface area contributed by atoms with Crippen molar-refractivity contribution in [1.82, 2.24) is 0 Å². The van der Waals surface area contributed by atoms with E-state index < -0.39 is 89.9 Å². The van der Waals surface area contributed by atoms with Gasteiger partial charge in [0, 0.05) is 44.8 Å². The second kappa shape index (κ2) is 40.2. The van der Waals surface area contributed by atoms with Gasteiger partial charge in [-0.1, -0.05) is 285 Å². The Morgan fingerprint density at radius 1 is 0.232 bits per heavy atom. The summed E-state index contributed by atoms with van der Waals surface area (Å²) in [6, 6.07) is 89.4. The predicted molar refractivity (Wildman–Crippen MR) is 307 cm³/mol. The van der Waals surface area contributed by atoms with Gasteiger partial charge in [0.05, 0.1) is 58.2 Å². The molecule has 10 aromatic rings. The molecule has 0 unspecified atom stereocenters. The number of hydrogen-bond acceptors (Lipinski definition) is 0. The second-order valence-electron chi connectivity index (χ2n) is 15.8. The van der Waals surface area contributed by atoms with Crippen molar-refractivity contribution in [2.24, 2.45) is 0 Å². The minimum Gasteiger partial charge on any atom is -0.259 e. The van der Waals surface area contributed by atoms with Crippen LogP contribution in [0.25, 0.3) is 0 Å². The fourth-order valence-corrected chi connectivity index (χ4v) is 18.3. The van der Waals surface area contributed by atoms with Crippen molar-refractivity contribution in [1.29, 1.82) is 0 Å². The van der Waals surface area contributed by atoms with E-state index in [1.807, 2.05) is 0 Å². The number of halogens is 12. The summed E-state index contributed by atoms with van der Waals surface area (Å²) in [7, 11) is 7.03. The monoisotopic (exact) mass is 1960 g/mol. The molecule has 82 heavy (non-hydrogen) atoms. The Labute approximate surface area is 540 Å². The van der Waals surface area contributed by atoms with Gasteiger partial charge in [-0.3, -0.25) is 29.4 Å². The van der Waals surface area contributed by atoms with E-state index in [0.717, 1.165) is 12.1 Å². The van der Waals surface area contributed by atoms with Gasteiger partial charge in [0.1, 0.15) is 0 Å². The molecule has 0 atom stereocenters. The van der Waals surface area contributed by atoms with Gasteiger partial charge in [0.15, 0.2) is 0 Å². The van der Waals surface area contributed by atoms with Crippen molar-refractivity contribution in [3.05, 3.63) is 325 Å². The van der Waals surface area contributed by atoms with Crippen LogP contribution in [0.5, 0.6) is 0 Å². The Hall–Kier alpha value is -3.24. The van der Waals surface area contributed by atoms with Crippen molar-refractivity contribution in [2.45, 2.75) is 0 Å². The van der Waals surface area contributed by atoms with Gasteiger partial charge in [0.25, 0.3) is 0 Å². The second-order valence-corrected chi connectivity index (χ2v) is 24.7. The van der Waals surface area contributed by atoms with E-state index in [-0.39, 0.29) is 44.8 Å². The zero-order valence-corrected chi connectivity index (χ0v) is 55.5. The van der Waals surface area contributed by atoms with Crippen molar-refractivity contribution >= 4 is 92.5 Å². The molecular formula is C62H42Au4Cl2F10P4-4. The Kier molecular flexibility index (Phi) is 35.8. The molecule has 0 aliphatic heterocycles. The van der Waals surface area contributed by atoms with Gasteiger partial charge in [-0.05, 0) is 0 Å². The van der Waals surface area contributed by atoms with Crippen LogP contribution in [-0.2, 0) is 84.7 Å². The molecule has 0 saturated carbocycles. The maximum atomic E-state index is 12.0. The summed E-state index contributed by atoms with van der Waals surface area (Å²) in [4.78, 5) is 0. The van der Waals surface area contributed by atoms with Gasteiger partial charge in [-0.2, -0.15) is 31.7 Å². The molecule has 0 saturated heterocycles. The Morgan fingerprint density at radius 2 is 0.354 bits per heavy atom. The molecule has 0 aromatic heterocycles. The topological polar surface area (TPSA) is 0 Å². The molecule has 0 heterocycles. The summed E-state index contributed by atoms with van der Waals surface area (Å²) >= 11 is 3.50.